The van der Waals surface area contributed by atoms with E-state index in [1.165, 1.54) is 19.1 Å². The van der Waals surface area contributed by atoms with E-state index in [4.69, 9.17) is 0 Å². The van der Waals surface area contributed by atoms with Crippen LogP contribution in [-0.4, -0.2) is 10.0 Å². The van der Waals surface area contributed by atoms with Gasteiger partial charge in [-0.05, 0) is 19.1 Å². The number of nitrogens with zero attached hydrogens (tertiary/aromatic N) is 1. The molecule has 0 bridgehead atoms. The van der Waals surface area contributed by atoms with E-state index < -0.39 is 22.7 Å². The van der Waals surface area contributed by atoms with Crippen LogP contribution < -0.4 is 0 Å². The third-order valence-corrected chi connectivity index (χ3v) is 4.94. The lowest BCUT2D eigenvalue weighted by Crippen LogP contribution is -1.88. The predicted molar refractivity (Wildman–Crippen MR) is 72.1 cm³/mol. The second-order valence-electron chi connectivity index (χ2n) is 3.93. The highest BCUT2D eigenvalue weighted by atomic mass is 32.2. The Morgan fingerprint density at radius 2 is 2.10 bits per heavy atom. The van der Waals surface area contributed by atoms with Crippen molar-refractivity contribution in [2.24, 2.45) is 0 Å². The number of rotatable bonds is 4. The van der Waals surface area contributed by atoms with Gasteiger partial charge in [-0.25, -0.2) is 8.78 Å². The number of thiophene rings is 1. The van der Waals surface area contributed by atoms with Crippen LogP contribution in [0.3, 0.4) is 0 Å². The maximum Gasteiger partial charge on any atom is 0.294 e. The molecule has 0 aliphatic heterocycles. The summed E-state index contributed by atoms with van der Waals surface area (Å²) in [6, 6.07) is 4.29. The Hall–Kier alpha value is -1.51. The van der Waals surface area contributed by atoms with Gasteiger partial charge in [0.1, 0.15) is 15.8 Å². The van der Waals surface area contributed by atoms with Crippen molar-refractivity contribution in [2.75, 3.05) is 0 Å². The van der Waals surface area contributed by atoms with Crippen molar-refractivity contribution in [3.05, 3.63) is 50.9 Å². The monoisotopic (exact) mass is 317 g/mol. The molecule has 1 N–H and O–H groups in total. The summed E-state index contributed by atoms with van der Waals surface area (Å²) in [7, 11) is 0. The standard InChI is InChI=1S/C12H9F2NO3S2/c1-6(16)11-5-9(15(17)18)12(20-11)19-10-3-2-7(13)4-8(10)14/h2-6,16H,1H3/t6-/m0/s1. The van der Waals surface area contributed by atoms with Crippen LogP contribution in [0.2, 0.25) is 0 Å². The van der Waals surface area contributed by atoms with Gasteiger partial charge in [-0.1, -0.05) is 11.8 Å². The zero-order valence-electron chi connectivity index (χ0n) is 10.2. The summed E-state index contributed by atoms with van der Waals surface area (Å²) in [5.41, 5.74) is -0.195. The van der Waals surface area contributed by atoms with Gasteiger partial charge in [-0.3, -0.25) is 10.1 Å². The van der Waals surface area contributed by atoms with E-state index in [0.29, 0.717) is 4.88 Å². The molecule has 0 fully saturated rings. The van der Waals surface area contributed by atoms with E-state index in [9.17, 15) is 24.0 Å². The van der Waals surface area contributed by atoms with Crippen LogP contribution in [0.25, 0.3) is 0 Å². The number of aliphatic hydroxyl groups is 1. The molecular weight excluding hydrogens is 308 g/mol. The summed E-state index contributed by atoms with van der Waals surface area (Å²) < 4.78 is 26.6. The first-order chi connectivity index (χ1) is 9.38. The maximum absolute atomic E-state index is 13.6. The van der Waals surface area contributed by atoms with Crippen molar-refractivity contribution in [1.82, 2.24) is 0 Å². The molecule has 2 aromatic rings. The average Bonchev–Trinajstić information content (AvgIpc) is 2.77. The van der Waals surface area contributed by atoms with Crippen molar-refractivity contribution >= 4 is 28.8 Å². The molecule has 0 spiro atoms. The van der Waals surface area contributed by atoms with Gasteiger partial charge in [0, 0.05) is 21.9 Å². The number of halogens is 2. The molecule has 1 aromatic heterocycles. The average molecular weight is 317 g/mol. The van der Waals surface area contributed by atoms with Crippen LogP contribution >= 0.6 is 23.1 Å². The van der Waals surface area contributed by atoms with E-state index in [1.807, 2.05) is 0 Å². The van der Waals surface area contributed by atoms with Gasteiger partial charge in [0.15, 0.2) is 0 Å². The van der Waals surface area contributed by atoms with Gasteiger partial charge in [0.2, 0.25) is 0 Å². The highest BCUT2D eigenvalue weighted by Gasteiger charge is 2.22. The molecule has 1 aromatic carbocycles. The van der Waals surface area contributed by atoms with Gasteiger partial charge in [-0.2, -0.15) is 0 Å². The van der Waals surface area contributed by atoms with Crippen molar-refractivity contribution in [2.45, 2.75) is 22.1 Å². The fraction of sp³-hybridized carbons (Fsp3) is 0.167. The van der Waals surface area contributed by atoms with Gasteiger partial charge in [0.25, 0.3) is 5.69 Å². The van der Waals surface area contributed by atoms with Crippen LogP contribution in [-0.2, 0) is 0 Å². The third-order valence-electron chi connectivity index (χ3n) is 2.40. The Morgan fingerprint density at radius 3 is 2.65 bits per heavy atom. The van der Waals surface area contributed by atoms with Crippen LogP contribution in [0.5, 0.6) is 0 Å². The van der Waals surface area contributed by atoms with E-state index in [-0.39, 0.29) is 14.8 Å². The molecule has 20 heavy (non-hydrogen) atoms. The van der Waals surface area contributed by atoms with Gasteiger partial charge in [-0.15, -0.1) is 11.3 Å². The molecule has 0 aliphatic carbocycles. The fourth-order valence-electron chi connectivity index (χ4n) is 1.45. The lowest BCUT2D eigenvalue weighted by Gasteiger charge is -2.01. The Bertz CT molecular complexity index is 658. The first kappa shape index (κ1) is 14.9. The molecule has 0 aliphatic rings. The first-order valence-corrected chi connectivity index (χ1v) is 7.11. The van der Waals surface area contributed by atoms with Crippen LogP contribution in [0.15, 0.2) is 33.4 Å². The van der Waals surface area contributed by atoms with Gasteiger partial charge >= 0.3 is 0 Å². The van der Waals surface area contributed by atoms with E-state index >= 15 is 0 Å². The Balaban J connectivity index is 2.39. The fourth-order valence-corrected chi connectivity index (χ4v) is 3.69. The first-order valence-electron chi connectivity index (χ1n) is 5.47. The Morgan fingerprint density at radius 1 is 1.40 bits per heavy atom. The minimum atomic E-state index is -0.842. The molecule has 0 saturated carbocycles. The number of hydrogen-bond acceptors (Lipinski definition) is 5. The zero-order valence-corrected chi connectivity index (χ0v) is 11.8. The normalized spacial score (nSPS) is 12.4. The second-order valence-corrected chi connectivity index (χ2v) is 6.33. The SMILES string of the molecule is C[C@H](O)c1cc([N+](=O)[O-])c(Sc2ccc(F)cc2F)s1. The van der Waals surface area contributed by atoms with Gasteiger partial charge < -0.3 is 5.11 Å². The molecule has 1 heterocycles. The molecular formula is C12H9F2NO3S2. The minimum Gasteiger partial charge on any atom is -0.388 e. The van der Waals surface area contributed by atoms with Gasteiger partial charge in [0.05, 0.1) is 11.0 Å². The molecule has 4 nitrogen and oxygen atoms in total. The van der Waals surface area contributed by atoms with Crippen LogP contribution in [0.1, 0.15) is 17.9 Å². The minimum absolute atomic E-state index is 0.0912. The van der Waals surface area contributed by atoms with Crippen molar-refractivity contribution in [3.63, 3.8) is 0 Å². The highest BCUT2D eigenvalue weighted by Crippen LogP contribution is 2.43. The molecule has 2 rings (SSSR count). The molecule has 0 radical (unpaired) electrons. The molecule has 106 valence electrons. The van der Waals surface area contributed by atoms with Crippen molar-refractivity contribution < 1.29 is 18.8 Å². The molecule has 1 atom stereocenters. The quantitative estimate of drug-likeness (QED) is 0.680. The van der Waals surface area contributed by atoms with E-state index in [0.717, 1.165) is 35.2 Å². The number of benzene rings is 1. The predicted octanol–water partition coefficient (Wildman–Crippen LogP) is 4.14. The number of aliphatic hydroxyl groups excluding tert-OH is 1. The molecule has 0 unspecified atom stereocenters. The highest BCUT2D eigenvalue weighted by molar-refractivity contribution is 8.01. The lowest BCUT2D eigenvalue weighted by atomic mass is 10.3. The van der Waals surface area contributed by atoms with E-state index in [2.05, 4.69) is 0 Å². The second kappa shape index (κ2) is 5.86. The number of hydrogen-bond donors (Lipinski definition) is 1. The Labute approximate surface area is 121 Å². The molecule has 8 heteroatoms. The summed E-state index contributed by atoms with van der Waals surface area (Å²) in [6.45, 7) is 1.49. The summed E-state index contributed by atoms with van der Waals surface area (Å²) in [5, 5.41) is 20.4. The lowest BCUT2D eigenvalue weighted by molar-refractivity contribution is -0.387. The molecule has 0 amide bonds. The number of nitro groups is 1. The zero-order chi connectivity index (χ0) is 14.9. The Kier molecular flexibility index (Phi) is 4.36. The smallest absolute Gasteiger partial charge is 0.294 e. The van der Waals surface area contributed by atoms with Crippen molar-refractivity contribution in [3.8, 4) is 0 Å². The summed E-state index contributed by atoms with van der Waals surface area (Å²) in [4.78, 5) is 10.9. The third kappa shape index (κ3) is 3.14. The topological polar surface area (TPSA) is 63.4 Å². The summed E-state index contributed by atoms with van der Waals surface area (Å²) in [6.07, 6.45) is -0.842. The van der Waals surface area contributed by atoms with E-state index in [1.54, 1.807) is 0 Å². The van der Waals surface area contributed by atoms with Crippen LogP contribution in [0, 0.1) is 21.7 Å². The largest absolute Gasteiger partial charge is 0.388 e. The summed E-state index contributed by atoms with van der Waals surface area (Å²) in [5.74, 6) is -1.49. The van der Waals surface area contributed by atoms with Crippen molar-refractivity contribution in [1.29, 1.82) is 0 Å². The van der Waals surface area contributed by atoms with Crippen LogP contribution in [0.4, 0.5) is 14.5 Å². The summed E-state index contributed by atoms with van der Waals surface area (Å²) >= 11 is 1.85. The molecule has 0 saturated heterocycles. The maximum atomic E-state index is 13.6.